The lowest BCUT2D eigenvalue weighted by molar-refractivity contribution is -0.102. The lowest BCUT2D eigenvalue weighted by Gasteiger charge is -2.58. The van der Waals surface area contributed by atoms with Crippen molar-refractivity contribution in [3.05, 3.63) is 0 Å². The van der Waals surface area contributed by atoms with Crippen LogP contribution in [0.5, 0.6) is 0 Å². The normalized spacial score (nSPS) is 53.2. The third-order valence-corrected chi connectivity index (χ3v) is 20.4. The molecule has 0 aromatic heterocycles. The molecule has 3 heteroatoms. The van der Waals surface area contributed by atoms with Gasteiger partial charge >= 0.3 is 0 Å². The fraction of sp³-hybridized carbons (Fsp3) is 1.00. The highest BCUT2D eigenvalue weighted by Crippen LogP contribution is 2.60. The predicted octanol–water partition coefficient (Wildman–Crippen LogP) is 12.5. The topological polar surface area (TPSA) is 21.7 Å². The monoisotopic (exact) mass is 728 g/mol. The van der Waals surface area contributed by atoms with Crippen LogP contribution in [0, 0.1) is 71.0 Å². The molecule has 9 saturated carbocycles. The zero-order chi connectivity index (χ0) is 34.9. The van der Waals surface area contributed by atoms with Gasteiger partial charge in [-0.05, 0) is 174 Å². The van der Waals surface area contributed by atoms with Gasteiger partial charge in [0.15, 0.2) is 0 Å². The van der Waals surface area contributed by atoms with E-state index in [1.807, 2.05) is 0 Å². The lowest BCUT2D eigenvalue weighted by Crippen LogP contribution is -2.60. The summed E-state index contributed by atoms with van der Waals surface area (Å²) >= 11 is 0. The van der Waals surface area contributed by atoms with Gasteiger partial charge in [0.1, 0.15) is 0 Å². The van der Waals surface area contributed by atoms with Crippen molar-refractivity contribution >= 4 is 0 Å². The molecule has 0 amide bonds. The second-order valence-electron chi connectivity index (χ2n) is 22.4. The predicted molar refractivity (Wildman–Crippen MR) is 216 cm³/mol. The van der Waals surface area contributed by atoms with E-state index in [1.54, 1.807) is 57.8 Å². The second kappa shape index (κ2) is 15.6. The van der Waals surface area contributed by atoms with E-state index in [4.69, 9.17) is 9.47 Å². The number of ether oxygens (including phenoxy) is 2. The summed E-state index contributed by atoms with van der Waals surface area (Å²) in [5.41, 5.74) is 0. The Labute approximate surface area is 326 Å². The molecule has 2 heterocycles. The Kier molecular flexibility index (Phi) is 10.6. The zero-order valence-corrected chi connectivity index (χ0v) is 34.2. The average Bonchev–Trinajstić information content (AvgIpc) is 3.80. The quantitative estimate of drug-likeness (QED) is 0.281. The molecule has 3 nitrogen and oxygen atoms in total. The van der Waals surface area contributed by atoms with Crippen LogP contribution in [0.4, 0.5) is 0 Å². The Morgan fingerprint density at radius 2 is 0.906 bits per heavy atom. The largest absolute Gasteiger partial charge is 0.374 e. The molecule has 11 rings (SSSR count). The SMILES string of the molecule is C1CCC(C2CCC(N(C3CCCC(C4CCCC5C6CCC7OC8CCCCC8C7C6OC45)C3)C3CC4CCCCC4C4CCCCC43)CC2)CC1. The summed E-state index contributed by atoms with van der Waals surface area (Å²) in [6, 6.07) is 2.66. The molecule has 0 aromatic carbocycles. The molecule has 11 aliphatic rings. The third-order valence-electron chi connectivity index (χ3n) is 20.4. The summed E-state index contributed by atoms with van der Waals surface area (Å²) in [4.78, 5) is 3.47. The summed E-state index contributed by atoms with van der Waals surface area (Å²) < 4.78 is 14.5. The van der Waals surface area contributed by atoms with Crippen LogP contribution in [0.15, 0.2) is 0 Å². The van der Waals surface area contributed by atoms with Crippen LogP contribution in [0.1, 0.15) is 199 Å². The van der Waals surface area contributed by atoms with Crippen molar-refractivity contribution in [2.75, 3.05) is 0 Å². The van der Waals surface area contributed by atoms with Gasteiger partial charge in [-0.15, -0.1) is 0 Å². The number of hydrogen-bond acceptors (Lipinski definition) is 3. The van der Waals surface area contributed by atoms with Crippen LogP contribution >= 0.6 is 0 Å². The smallest absolute Gasteiger partial charge is 0.0667 e. The minimum atomic E-state index is 0.520. The molecule has 9 aliphatic carbocycles. The first-order chi connectivity index (χ1) is 26.3. The maximum atomic E-state index is 7.63. The van der Waals surface area contributed by atoms with Gasteiger partial charge in [-0.3, -0.25) is 4.90 Å². The minimum absolute atomic E-state index is 0.520. The van der Waals surface area contributed by atoms with E-state index in [9.17, 15) is 0 Å². The van der Waals surface area contributed by atoms with Crippen LogP contribution in [0.25, 0.3) is 0 Å². The molecular weight excluding hydrogens is 647 g/mol. The summed E-state index contributed by atoms with van der Waals surface area (Å²) in [5.74, 6) is 11.3. The Bertz CT molecular complexity index is 1220. The Morgan fingerprint density at radius 1 is 0.302 bits per heavy atom. The van der Waals surface area contributed by atoms with Gasteiger partial charge in [-0.1, -0.05) is 89.9 Å². The zero-order valence-electron chi connectivity index (χ0n) is 34.2. The standard InChI is InChI=1S/C50H81NO2/c1-2-12-32(13-3-1)33-24-26-36(27-25-33)51(45-31-35-14-4-5-17-38(35)40-18-6-7-19-41(40)45)37-16-10-15-34(30-37)39-21-11-22-42-43-28-29-47-48(50(43)53-49(39)42)44-20-8-9-23-46(44)52-47/h32-50H,1-31H2. The van der Waals surface area contributed by atoms with Gasteiger partial charge in [0.2, 0.25) is 0 Å². The first kappa shape index (κ1) is 36.0. The van der Waals surface area contributed by atoms with Crippen molar-refractivity contribution in [2.45, 2.75) is 242 Å². The molecule has 2 aliphatic heterocycles. The molecule has 0 radical (unpaired) electrons. The lowest BCUT2D eigenvalue weighted by atomic mass is 9.55. The highest BCUT2D eigenvalue weighted by Gasteiger charge is 2.60. The Hall–Kier alpha value is -0.120. The highest BCUT2D eigenvalue weighted by atomic mass is 16.5. The van der Waals surface area contributed by atoms with Gasteiger partial charge in [-0.2, -0.15) is 0 Å². The molecule has 0 bridgehead atoms. The van der Waals surface area contributed by atoms with Crippen molar-refractivity contribution in [2.24, 2.45) is 71.0 Å². The molecule has 0 N–H and O–H groups in total. The van der Waals surface area contributed by atoms with E-state index >= 15 is 0 Å². The minimum Gasteiger partial charge on any atom is -0.374 e. The van der Waals surface area contributed by atoms with Crippen molar-refractivity contribution in [3.8, 4) is 0 Å². The van der Waals surface area contributed by atoms with Crippen LogP contribution in [0.2, 0.25) is 0 Å². The van der Waals surface area contributed by atoms with Crippen molar-refractivity contribution in [1.82, 2.24) is 4.90 Å². The first-order valence-electron chi connectivity index (χ1n) is 25.4. The van der Waals surface area contributed by atoms with E-state index in [0.717, 1.165) is 89.1 Å². The van der Waals surface area contributed by atoms with Crippen molar-refractivity contribution in [3.63, 3.8) is 0 Å². The van der Waals surface area contributed by atoms with Crippen LogP contribution in [-0.2, 0) is 9.47 Å². The number of fused-ring (bicyclic) bond motifs is 10. The molecule has 2 saturated heterocycles. The second-order valence-corrected chi connectivity index (χ2v) is 22.4. The van der Waals surface area contributed by atoms with Gasteiger partial charge in [0.05, 0.1) is 24.4 Å². The van der Waals surface area contributed by atoms with Crippen LogP contribution in [-0.4, -0.2) is 47.4 Å². The Morgan fingerprint density at radius 3 is 1.77 bits per heavy atom. The maximum absolute atomic E-state index is 7.63. The van der Waals surface area contributed by atoms with E-state index in [1.165, 1.54) is 141 Å². The van der Waals surface area contributed by atoms with E-state index < -0.39 is 0 Å². The molecule has 16 atom stereocenters. The number of nitrogens with zero attached hydrogens (tertiary/aromatic N) is 1. The van der Waals surface area contributed by atoms with Crippen LogP contribution in [0.3, 0.4) is 0 Å². The summed E-state index contributed by atoms with van der Waals surface area (Å²) in [6.07, 6.45) is 48.9. The molecular formula is C50H81NO2. The average molecular weight is 728 g/mol. The van der Waals surface area contributed by atoms with Crippen molar-refractivity contribution in [1.29, 1.82) is 0 Å². The third kappa shape index (κ3) is 6.60. The molecule has 16 unspecified atom stereocenters. The molecule has 0 aromatic rings. The fourth-order valence-electron chi connectivity index (χ4n) is 18.4. The molecule has 53 heavy (non-hydrogen) atoms. The number of hydrogen-bond donors (Lipinski definition) is 0. The van der Waals surface area contributed by atoms with Gasteiger partial charge in [0, 0.05) is 24.0 Å². The van der Waals surface area contributed by atoms with Gasteiger partial charge in [-0.25, -0.2) is 0 Å². The van der Waals surface area contributed by atoms with Crippen LogP contribution < -0.4 is 0 Å². The summed E-state index contributed by atoms with van der Waals surface area (Å²) in [5, 5.41) is 0. The summed E-state index contributed by atoms with van der Waals surface area (Å²) in [6.45, 7) is 0. The van der Waals surface area contributed by atoms with Gasteiger partial charge in [0.25, 0.3) is 0 Å². The molecule has 298 valence electrons. The Balaban J connectivity index is 0.848. The van der Waals surface area contributed by atoms with E-state index in [0.29, 0.717) is 24.4 Å². The molecule has 11 fully saturated rings. The maximum Gasteiger partial charge on any atom is 0.0667 e. The molecule has 0 spiro atoms. The van der Waals surface area contributed by atoms with Gasteiger partial charge < -0.3 is 9.47 Å². The summed E-state index contributed by atoms with van der Waals surface area (Å²) in [7, 11) is 0. The number of rotatable bonds is 5. The fourth-order valence-corrected chi connectivity index (χ4v) is 18.4. The highest BCUT2D eigenvalue weighted by molar-refractivity contribution is 5.09. The van der Waals surface area contributed by atoms with E-state index in [2.05, 4.69) is 4.90 Å². The van der Waals surface area contributed by atoms with E-state index in [-0.39, 0.29) is 0 Å². The van der Waals surface area contributed by atoms with Crippen molar-refractivity contribution < 1.29 is 9.47 Å². The first-order valence-corrected chi connectivity index (χ1v) is 25.4.